The summed E-state index contributed by atoms with van der Waals surface area (Å²) in [4.78, 5) is 0.701. The van der Waals surface area contributed by atoms with Gasteiger partial charge in [0.1, 0.15) is 0 Å². The van der Waals surface area contributed by atoms with E-state index in [0.717, 1.165) is 17.8 Å². The highest BCUT2D eigenvalue weighted by Gasteiger charge is 2.73. The minimum absolute atomic E-state index is 0.416. The summed E-state index contributed by atoms with van der Waals surface area (Å²) in [6.07, 6.45) is 1.34. The lowest BCUT2D eigenvalue weighted by atomic mass is 10.0. The molecule has 0 aromatic rings. The van der Waals surface area contributed by atoms with Crippen molar-refractivity contribution in [2.75, 3.05) is 0 Å². The molecule has 4 fully saturated rings. The van der Waals surface area contributed by atoms with E-state index in [9.17, 15) is 0 Å². The summed E-state index contributed by atoms with van der Waals surface area (Å²) in [5.41, 5.74) is 0. The van der Waals surface area contributed by atoms with Gasteiger partial charge in [-0.1, -0.05) is 15.9 Å². The molecule has 6 atom stereocenters. The van der Waals surface area contributed by atoms with Gasteiger partial charge in [0.05, 0.1) is 12.0 Å². The summed E-state index contributed by atoms with van der Waals surface area (Å²) in [5, 5.41) is 8.81. The average Bonchev–Trinajstić information content (AvgIpc) is 2.29. The van der Waals surface area contributed by atoms with E-state index in [2.05, 4.69) is 22.0 Å². The van der Waals surface area contributed by atoms with E-state index >= 15 is 0 Å². The summed E-state index contributed by atoms with van der Waals surface area (Å²) in [5.74, 6) is 3.78. The molecule has 10 heavy (non-hydrogen) atoms. The van der Waals surface area contributed by atoms with Crippen LogP contribution in [0.3, 0.4) is 0 Å². The molecule has 0 spiro atoms. The SMILES string of the molecule is N#CC1C2CC3C(C2Br)C13. The van der Waals surface area contributed by atoms with Crippen molar-refractivity contribution in [3.63, 3.8) is 0 Å². The van der Waals surface area contributed by atoms with E-state index in [1.54, 1.807) is 0 Å². The molecule has 0 aliphatic heterocycles. The van der Waals surface area contributed by atoms with E-state index in [-0.39, 0.29) is 0 Å². The first-order chi connectivity index (χ1) is 4.84. The van der Waals surface area contributed by atoms with Crippen molar-refractivity contribution in [3.05, 3.63) is 0 Å². The van der Waals surface area contributed by atoms with E-state index in [4.69, 9.17) is 5.26 Å². The lowest BCUT2D eigenvalue weighted by molar-refractivity contribution is 0.518. The second-order valence-electron chi connectivity index (χ2n) is 3.82. The smallest absolute Gasteiger partial charge is 0.0662 e. The van der Waals surface area contributed by atoms with Crippen molar-refractivity contribution >= 4 is 15.9 Å². The fourth-order valence-corrected chi connectivity index (χ4v) is 4.53. The van der Waals surface area contributed by atoms with Crippen LogP contribution >= 0.6 is 15.9 Å². The molecule has 0 amide bonds. The molecule has 0 aromatic carbocycles. The predicted octanol–water partition coefficient (Wildman–Crippen LogP) is 1.79. The third-order valence-corrected chi connectivity index (χ3v) is 4.93. The van der Waals surface area contributed by atoms with Crippen LogP contribution in [0.25, 0.3) is 0 Å². The minimum Gasteiger partial charge on any atom is -0.198 e. The van der Waals surface area contributed by atoms with Crippen LogP contribution in [-0.4, -0.2) is 4.83 Å². The van der Waals surface area contributed by atoms with Crippen molar-refractivity contribution in [3.8, 4) is 6.07 Å². The monoisotopic (exact) mass is 197 g/mol. The Kier molecular flexibility index (Phi) is 0.800. The molecule has 0 heterocycles. The first kappa shape index (κ1) is 5.60. The zero-order valence-electron chi connectivity index (χ0n) is 5.50. The predicted molar refractivity (Wildman–Crippen MR) is 40.4 cm³/mol. The van der Waals surface area contributed by atoms with Crippen LogP contribution in [0, 0.1) is 40.9 Å². The van der Waals surface area contributed by atoms with Crippen LogP contribution in [0.4, 0.5) is 0 Å². The molecule has 52 valence electrons. The highest BCUT2D eigenvalue weighted by Crippen LogP contribution is 2.74. The third kappa shape index (κ3) is 0.379. The number of alkyl halides is 1. The molecule has 1 nitrogen and oxygen atoms in total. The molecule has 4 saturated carbocycles. The Bertz CT molecular complexity index is 232. The van der Waals surface area contributed by atoms with Crippen molar-refractivity contribution < 1.29 is 0 Å². The van der Waals surface area contributed by atoms with Gasteiger partial charge in [0.15, 0.2) is 0 Å². The Morgan fingerprint density at radius 3 is 2.30 bits per heavy atom. The topological polar surface area (TPSA) is 23.8 Å². The number of rotatable bonds is 0. The van der Waals surface area contributed by atoms with Crippen LogP contribution < -0.4 is 0 Å². The highest BCUT2D eigenvalue weighted by atomic mass is 79.9. The molecule has 4 aliphatic carbocycles. The summed E-state index contributed by atoms with van der Waals surface area (Å²) in [7, 11) is 0. The van der Waals surface area contributed by atoms with Gasteiger partial charge in [0.25, 0.3) is 0 Å². The number of hydrogen-bond donors (Lipinski definition) is 0. The Hall–Kier alpha value is -0.0300. The number of nitriles is 1. The zero-order valence-corrected chi connectivity index (χ0v) is 7.08. The Balaban J connectivity index is 2.04. The zero-order chi connectivity index (χ0) is 6.88. The summed E-state index contributed by atoms with van der Waals surface area (Å²) in [6, 6.07) is 2.45. The fourth-order valence-electron chi connectivity index (χ4n) is 3.24. The fraction of sp³-hybridized carbons (Fsp3) is 0.875. The van der Waals surface area contributed by atoms with Crippen molar-refractivity contribution in [1.82, 2.24) is 0 Å². The molecule has 0 radical (unpaired) electrons. The van der Waals surface area contributed by atoms with Gasteiger partial charge >= 0.3 is 0 Å². The van der Waals surface area contributed by atoms with Gasteiger partial charge in [-0.25, -0.2) is 0 Å². The molecule has 2 heteroatoms. The normalized spacial score (nSPS) is 68.0. The van der Waals surface area contributed by atoms with Crippen molar-refractivity contribution in [2.45, 2.75) is 11.2 Å². The molecule has 6 unspecified atom stereocenters. The number of nitrogens with zero attached hydrogens (tertiary/aromatic N) is 1. The summed E-state index contributed by atoms with van der Waals surface area (Å²) < 4.78 is 0. The summed E-state index contributed by atoms with van der Waals surface area (Å²) >= 11 is 3.68. The lowest BCUT2D eigenvalue weighted by Crippen LogP contribution is -2.08. The molecule has 4 bridgehead atoms. The standard InChI is InChI=1S/C8H8BrN/c9-8-3-1-4-6(7(4)8)5(3)2-10/h3-8H,1H2. The van der Waals surface area contributed by atoms with Crippen molar-refractivity contribution in [1.29, 1.82) is 5.26 Å². The Morgan fingerprint density at radius 1 is 1.30 bits per heavy atom. The third-order valence-electron chi connectivity index (χ3n) is 3.64. The van der Waals surface area contributed by atoms with Gasteiger partial charge < -0.3 is 0 Å². The maximum absolute atomic E-state index is 8.81. The minimum atomic E-state index is 0.416. The first-order valence-corrected chi connectivity index (χ1v) is 4.80. The second-order valence-corrected chi connectivity index (χ2v) is 4.87. The highest BCUT2D eigenvalue weighted by molar-refractivity contribution is 9.09. The molecule has 0 saturated heterocycles. The van der Waals surface area contributed by atoms with Gasteiger partial charge in [-0.3, -0.25) is 0 Å². The molecular weight excluding hydrogens is 190 g/mol. The van der Waals surface area contributed by atoms with Crippen LogP contribution in [0.1, 0.15) is 6.42 Å². The van der Waals surface area contributed by atoms with E-state index in [1.165, 1.54) is 6.42 Å². The largest absolute Gasteiger partial charge is 0.198 e. The lowest BCUT2D eigenvalue weighted by Gasteiger charge is -2.07. The van der Waals surface area contributed by atoms with Crippen LogP contribution in [-0.2, 0) is 0 Å². The van der Waals surface area contributed by atoms with Gasteiger partial charge in [0.2, 0.25) is 0 Å². The molecule has 0 N–H and O–H groups in total. The quantitative estimate of drug-likeness (QED) is 0.544. The van der Waals surface area contributed by atoms with E-state index in [1.807, 2.05) is 0 Å². The molecule has 4 rings (SSSR count). The van der Waals surface area contributed by atoms with Crippen LogP contribution in [0.15, 0.2) is 0 Å². The first-order valence-electron chi connectivity index (χ1n) is 3.88. The van der Waals surface area contributed by atoms with Crippen LogP contribution in [0.5, 0.6) is 0 Å². The van der Waals surface area contributed by atoms with E-state index < -0.39 is 0 Å². The maximum Gasteiger partial charge on any atom is 0.0662 e. The Morgan fingerprint density at radius 2 is 2.10 bits per heavy atom. The van der Waals surface area contributed by atoms with E-state index in [0.29, 0.717) is 16.7 Å². The van der Waals surface area contributed by atoms with Gasteiger partial charge in [0, 0.05) is 4.83 Å². The Labute approximate surface area is 68.5 Å². The maximum atomic E-state index is 8.81. The molecule has 0 aromatic heterocycles. The number of hydrogen-bond acceptors (Lipinski definition) is 1. The van der Waals surface area contributed by atoms with Crippen molar-refractivity contribution in [2.24, 2.45) is 29.6 Å². The number of halogens is 1. The van der Waals surface area contributed by atoms with Crippen LogP contribution in [0.2, 0.25) is 0 Å². The average molecular weight is 198 g/mol. The van der Waals surface area contributed by atoms with Gasteiger partial charge in [-0.15, -0.1) is 0 Å². The molecular formula is C8H8BrN. The van der Waals surface area contributed by atoms with Gasteiger partial charge in [-0.2, -0.15) is 5.26 Å². The second kappa shape index (κ2) is 1.43. The van der Waals surface area contributed by atoms with Gasteiger partial charge in [-0.05, 0) is 30.1 Å². The summed E-state index contributed by atoms with van der Waals surface area (Å²) in [6.45, 7) is 0. The molecule has 4 aliphatic rings.